The van der Waals surface area contributed by atoms with Crippen molar-refractivity contribution >= 4 is 5.69 Å². The highest BCUT2D eigenvalue weighted by Gasteiger charge is 2.18. The first-order chi connectivity index (χ1) is 8.63. The molecule has 0 aromatic heterocycles. The third-order valence-electron chi connectivity index (χ3n) is 2.54. The van der Waals surface area contributed by atoms with Crippen LogP contribution < -0.4 is 15.2 Å². The topological polar surface area (TPSA) is 87.6 Å². The predicted octanol–water partition coefficient (Wildman–Crippen LogP) is 2.24. The highest BCUT2D eigenvalue weighted by atomic mass is 16.6. The van der Waals surface area contributed by atoms with Gasteiger partial charge in [0.2, 0.25) is 0 Å². The molecule has 0 saturated carbocycles. The van der Waals surface area contributed by atoms with Gasteiger partial charge < -0.3 is 15.2 Å². The number of nitrogens with two attached hydrogens (primary N) is 1. The lowest BCUT2D eigenvalue weighted by molar-refractivity contribution is -0.385. The van der Waals surface area contributed by atoms with E-state index in [2.05, 4.69) is 0 Å². The highest BCUT2D eigenvalue weighted by Crippen LogP contribution is 2.34. The molecule has 0 amide bonds. The van der Waals surface area contributed by atoms with Crippen molar-refractivity contribution in [3.63, 3.8) is 0 Å². The summed E-state index contributed by atoms with van der Waals surface area (Å²) in [6.07, 6.45) is 1.88. The van der Waals surface area contributed by atoms with Gasteiger partial charge >= 0.3 is 0 Å². The van der Waals surface area contributed by atoms with Gasteiger partial charge in [-0.1, -0.05) is 13.3 Å². The van der Waals surface area contributed by atoms with Crippen LogP contribution in [0.15, 0.2) is 12.1 Å². The Morgan fingerprint density at radius 2 is 2.11 bits per heavy atom. The lowest BCUT2D eigenvalue weighted by Gasteiger charge is -2.12. The molecular formula is C12H18N2O4. The minimum absolute atomic E-state index is 0.0372. The van der Waals surface area contributed by atoms with E-state index in [4.69, 9.17) is 15.2 Å². The average Bonchev–Trinajstić information content (AvgIpc) is 2.38. The second-order valence-electron chi connectivity index (χ2n) is 3.80. The van der Waals surface area contributed by atoms with Crippen LogP contribution in [0.3, 0.4) is 0 Å². The number of nitro benzene ring substituents is 1. The lowest BCUT2D eigenvalue weighted by atomic mass is 10.1. The Hall–Kier alpha value is -1.82. The van der Waals surface area contributed by atoms with Gasteiger partial charge in [-0.15, -0.1) is 0 Å². The van der Waals surface area contributed by atoms with Gasteiger partial charge in [0.15, 0.2) is 11.5 Å². The van der Waals surface area contributed by atoms with Crippen LogP contribution in [0.2, 0.25) is 0 Å². The molecule has 0 heterocycles. The zero-order valence-electron chi connectivity index (χ0n) is 10.6. The maximum atomic E-state index is 10.9. The van der Waals surface area contributed by atoms with Crippen molar-refractivity contribution < 1.29 is 14.4 Å². The summed E-state index contributed by atoms with van der Waals surface area (Å²) in [5.41, 5.74) is 5.88. The van der Waals surface area contributed by atoms with E-state index in [0.717, 1.165) is 12.8 Å². The zero-order valence-corrected chi connectivity index (χ0v) is 10.6. The first-order valence-electron chi connectivity index (χ1n) is 5.82. The smallest absolute Gasteiger partial charge is 0.277 e. The number of methoxy groups -OCH3 is 1. The van der Waals surface area contributed by atoms with Crippen LogP contribution in [0, 0.1) is 10.1 Å². The fraction of sp³-hybridized carbons (Fsp3) is 0.500. The van der Waals surface area contributed by atoms with Crippen molar-refractivity contribution in [2.45, 2.75) is 26.3 Å². The minimum atomic E-state index is -0.464. The van der Waals surface area contributed by atoms with Gasteiger partial charge in [-0.3, -0.25) is 10.1 Å². The van der Waals surface area contributed by atoms with Crippen molar-refractivity contribution in [3.8, 4) is 11.5 Å². The van der Waals surface area contributed by atoms with E-state index in [1.54, 1.807) is 6.07 Å². The number of hydrogen-bond acceptors (Lipinski definition) is 5. The number of nitrogens with zero attached hydrogens (tertiary/aromatic N) is 1. The highest BCUT2D eigenvalue weighted by molar-refractivity contribution is 5.54. The molecule has 0 radical (unpaired) electrons. The Morgan fingerprint density at radius 3 is 2.61 bits per heavy atom. The Labute approximate surface area is 106 Å². The normalized spacial score (nSPS) is 10.2. The molecule has 0 saturated heterocycles. The molecule has 1 aromatic rings. The van der Waals surface area contributed by atoms with Crippen LogP contribution in [0.1, 0.15) is 25.3 Å². The van der Waals surface area contributed by atoms with E-state index < -0.39 is 4.92 Å². The standard InChI is InChI=1S/C12H18N2O4/c1-3-4-5-18-12-7-10(14(15)16)9(8-13)6-11(12)17-2/h6-7H,3-5,8,13H2,1-2H3. The SMILES string of the molecule is CCCCOc1cc([N+](=O)[O-])c(CN)cc1OC. The van der Waals surface area contributed by atoms with Crippen molar-refractivity contribution in [2.24, 2.45) is 5.73 Å². The summed E-state index contributed by atoms with van der Waals surface area (Å²) in [7, 11) is 1.49. The quantitative estimate of drug-likeness (QED) is 0.458. The van der Waals surface area contributed by atoms with Gasteiger partial charge in [0, 0.05) is 12.1 Å². The molecule has 0 bridgehead atoms. The van der Waals surface area contributed by atoms with Crippen LogP contribution in [0.5, 0.6) is 11.5 Å². The summed E-state index contributed by atoms with van der Waals surface area (Å²) in [4.78, 5) is 10.5. The van der Waals surface area contributed by atoms with Crippen LogP contribution in [-0.4, -0.2) is 18.6 Å². The minimum Gasteiger partial charge on any atom is -0.493 e. The zero-order chi connectivity index (χ0) is 13.5. The van der Waals surface area contributed by atoms with Gasteiger partial charge in [-0.25, -0.2) is 0 Å². The summed E-state index contributed by atoms with van der Waals surface area (Å²) in [5, 5.41) is 10.9. The van der Waals surface area contributed by atoms with Gasteiger partial charge in [0.05, 0.1) is 24.7 Å². The van der Waals surface area contributed by atoms with Gasteiger partial charge in [0.1, 0.15) is 0 Å². The van der Waals surface area contributed by atoms with E-state index in [9.17, 15) is 10.1 Å². The number of benzene rings is 1. The maximum absolute atomic E-state index is 10.9. The first kappa shape index (κ1) is 14.2. The van der Waals surface area contributed by atoms with E-state index >= 15 is 0 Å². The molecule has 0 aliphatic carbocycles. The van der Waals surface area contributed by atoms with Crippen molar-refractivity contribution in [1.82, 2.24) is 0 Å². The lowest BCUT2D eigenvalue weighted by Crippen LogP contribution is -2.05. The van der Waals surface area contributed by atoms with Gasteiger partial charge in [-0.05, 0) is 12.5 Å². The third kappa shape index (κ3) is 3.33. The molecule has 2 N–H and O–H groups in total. The molecule has 0 aliphatic rings. The third-order valence-corrected chi connectivity index (χ3v) is 2.54. The van der Waals surface area contributed by atoms with Crippen molar-refractivity contribution in [3.05, 3.63) is 27.8 Å². The second-order valence-corrected chi connectivity index (χ2v) is 3.80. The molecule has 0 spiro atoms. The summed E-state index contributed by atoms with van der Waals surface area (Å²) in [5.74, 6) is 0.854. The van der Waals surface area contributed by atoms with Crippen LogP contribution >= 0.6 is 0 Å². The van der Waals surface area contributed by atoms with E-state index in [1.807, 2.05) is 6.92 Å². The van der Waals surface area contributed by atoms with Crippen molar-refractivity contribution in [2.75, 3.05) is 13.7 Å². The Morgan fingerprint density at radius 1 is 1.39 bits per heavy atom. The molecule has 0 atom stereocenters. The fourth-order valence-electron chi connectivity index (χ4n) is 1.52. The van der Waals surface area contributed by atoms with E-state index in [0.29, 0.717) is 23.7 Å². The molecule has 100 valence electrons. The molecule has 1 aromatic carbocycles. The largest absolute Gasteiger partial charge is 0.493 e. The van der Waals surface area contributed by atoms with Crippen molar-refractivity contribution in [1.29, 1.82) is 0 Å². The number of unbranched alkanes of at least 4 members (excludes halogenated alkanes) is 1. The molecule has 6 heteroatoms. The van der Waals surface area contributed by atoms with Crippen LogP contribution in [0.25, 0.3) is 0 Å². The summed E-state index contributed by atoms with van der Waals surface area (Å²) < 4.78 is 10.6. The fourth-order valence-corrected chi connectivity index (χ4v) is 1.52. The first-order valence-corrected chi connectivity index (χ1v) is 5.82. The van der Waals surface area contributed by atoms with Crippen LogP contribution in [-0.2, 0) is 6.54 Å². The number of nitro groups is 1. The Balaban J connectivity index is 3.07. The van der Waals surface area contributed by atoms with Gasteiger partial charge in [0.25, 0.3) is 5.69 Å². The Kier molecular flexibility index (Phi) is 5.38. The maximum Gasteiger partial charge on any atom is 0.277 e. The molecular weight excluding hydrogens is 236 g/mol. The number of hydrogen-bond donors (Lipinski definition) is 1. The molecule has 0 aliphatic heterocycles. The predicted molar refractivity (Wildman–Crippen MR) is 67.9 cm³/mol. The molecule has 1 rings (SSSR count). The molecule has 6 nitrogen and oxygen atoms in total. The summed E-state index contributed by atoms with van der Waals surface area (Å²) in [6, 6.07) is 2.93. The molecule has 18 heavy (non-hydrogen) atoms. The van der Waals surface area contributed by atoms with E-state index in [1.165, 1.54) is 13.2 Å². The van der Waals surface area contributed by atoms with E-state index in [-0.39, 0.29) is 12.2 Å². The summed E-state index contributed by atoms with van der Waals surface area (Å²) in [6.45, 7) is 2.63. The average molecular weight is 254 g/mol. The van der Waals surface area contributed by atoms with Gasteiger partial charge in [-0.2, -0.15) is 0 Å². The number of rotatable bonds is 7. The molecule has 0 fully saturated rings. The summed E-state index contributed by atoms with van der Waals surface area (Å²) >= 11 is 0. The monoisotopic (exact) mass is 254 g/mol. The second kappa shape index (κ2) is 6.80. The van der Waals surface area contributed by atoms with Crippen LogP contribution in [0.4, 0.5) is 5.69 Å². The number of ether oxygens (including phenoxy) is 2. The Bertz CT molecular complexity index is 421. The molecule has 0 unspecified atom stereocenters.